The second kappa shape index (κ2) is 8.52. The first-order valence-corrected chi connectivity index (χ1v) is 9.47. The molecule has 1 aromatic carbocycles. The SMILES string of the molecule is COc1cc(C=CC(=O)O)cc(S(=O)(=O)N2CCC(OC)CC2)c1OC. The molecule has 0 amide bonds. The second-order valence-corrected chi connectivity index (χ2v) is 7.67. The monoisotopic (exact) mass is 385 g/mol. The van der Waals surface area contributed by atoms with Crippen LogP contribution in [0.15, 0.2) is 23.1 Å². The van der Waals surface area contributed by atoms with Gasteiger partial charge in [-0.25, -0.2) is 13.2 Å². The van der Waals surface area contributed by atoms with Gasteiger partial charge in [0, 0.05) is 26.3 Å². The third-order valence-corrected chi connectivity index (χ3v) is 6.14. The summed E-state index contributed by atoms with van der Waals surface area (Å²) in [5.74, 6) is -0.829. The number of carbonyl (C=O) groups is 1. The zero-order chi connectivity index (χ0) is 19.3. The van der Waals surface area contributed by atoms with E-state index in [0.717, 1.165) is 6.08 Å². The van der Waals surface area contributed by atoms with Crippen molar-refractivity contribution in [2.45, 2.75) is 23.8 Å². The van der Waals surface area contributed by atoms with Crippen LogP contribution in [0.25, 0.3) is 6.08 Å². The van der Waals surface area contributed by atoms with Crippen molar-refractivity contribution in [1.29, 1.82) is 0 Å². The molecule has 0 spiro atoms. The van der Waals surface area contributed by atoms with Gasteiger partial charge < -0.3 is 19.3 Å². The van der Waals surface area contributed by atoms with Crippen molar-refractivity contribution >= 4 is 22.1 Å². The summed E-state index contributed by atoms with van der Waals surface area (Å²) in [6.07, 6.45) is 3.49. The van der Waals surface area contributed by atoms with Crippen molar-refractivity contribution in [3.8, 4) is 11.5 Å². The Morgan fingerprint density at radius 2 is 1.85 bits per heavy atom. The highest BCUT2D eigenvalue weighted by Gasteiger charge is 2.33. The van der Waals surface area contributed by atoms with E-state index in [4.69, 9.17) is 19.3 Å². The number of benzene rings is 1. The predicted molar refractivity (Wildman–Crippen MR) is 95.0 cm³/mol. The van der Waals surface area contributed by atoms with E-state index in [1.54, 1.807) is 7.11 Å². The van der Waals surface area contributed by atoms with Crippen LogP contribution in [0.1, 0.15) is 18.4 Å². The number of carboxylic acid groups (broad SMARTS) is 1. The number of sulfonamides is 1. The molecular formula is C17H23NO7S. The topological polar surface area (TPSA) is 102 Å². The van der Waals surface area contributed by atoms with Crippen molar-refractivity contribution in [3.05, 3.63) is 23.8 Å². The summed E-state index contributed by atoms with van der Waals surface area (Å²) >= 11 is 0. The summed E-state index contributed by atoms with van der Waals surface area (Å²) in [6.45, 7) is 0.670. The Labute approximate surface area is 153 Å². The number of rotatable bonds is 7. The third-order valence-electron chi connectivity index (χ3n) is 4.24. The van der Waals surface area contributed by atoms with Gasteiger partial charge in [0.25, 0.3) is 0 Å². The maximum Gasteiger partial charge on any atom is 0.328 e. The Hall–Kier alpha value is -2.10. The van der Waals surface area contributed by atoms with E-state index < -0.39 is 16.0 Å². The van der Waals surface area contributed by atoms with Gasteiger partial charge in [0.05, 0.1) is 20.3 Å². The minimum Gasteiger partial charge on any atom is -0.493 e. The number of nitrogens with zero attached hydrogens (tertiary/aromatic N) is 1. The van der Waals surface area contributed by atoms with Crippen LogP contribution < -0.4 is 9.47 Å². The van der Waals surface area contributed by atoms with Gasteiger partial charge in [-0.2, -0.15) is 4.31 Å². The van der Waals surface area contributed by atoms with Crippen molar-refractivity contribution < 1.29 is 32.5 Å². The Kier molecular flexibility index (Phi) is 6.63. The lowest BCUT2D eigenvalue weighted by molar-refractivity contribution is -0.131. The quantitative estimate of drug-likeness (QED) is 0.711. The summed E-state index contributed by atoms with van der Waals surface area (Å²) in [7, 11) is 0.527. The lowest BCUT2D eigenvalue weighted by Crippen LogP contribution is -2.40. The third kappa shape index (κ3) is 4.35. The number of hydrogen-bond donors (Lipinski definition) is 1. The fourth-order valence-corrected chi connectivity index (χ4v) is 4.53. The van der Waals surface area contributed by atoms with Crippen LogP contribution in [-0.2, 0) is 19.6 Å². The fourth-order valence-electron chi connectivity index (χ4n) is 2.85. The van der Waals surface area contributed by atoms with Crippen molar-refractivity contribution in [1.82, 2.24) is 4.31 Å². The first-order chi connectivity index (χ1) is 12.3. The Morgan fingerprint density at radius 1 is 1.19 bits per heavy atom. The van der Waals surface area contributed by atoms with Gasteiger partial charge in [-0.15, -0.1) is 0 Å². The molecule has 0 atom stereocenters. The minimum absolute atomic E-state index is 0.0442. The maximum absolute atomic E-state index is 13.1. The summed E-state index contributed by atoms with van der Waals surface area (Å²) in [5.41, 5.74) is 0.385. The number of methoxy groups -OCH3 is 3. The van der Waals surface area contributed by atoms with Gasteiger partial charge in [-0.05, 0) is 36.6 Å². The molecule has 0 unspecified atom stereocenters. The van der Waals surface area contributed by atoms with Crippen LogP contribution in [0.4, 0.5) is 0 Å². The number of hydrogen-bond acceptors (Lipinski definition) is 6. The molecule has 9 heteroatoms. The molecule has 1 saturated heterocycles. The summed E-state index contributed by atoms with van der Waals surface area (Å²) in [4.78, 5) is 10.7. The van der Waals surface area contributed by atoms with E-state index in [0.29, 0.717) is 31.5 Å². The molecule has 1 aliphatic heterocycles. The lowest BCUT2D eigenvalue weighted by atomic mass is 10.1. The average Bonchev–Trinajstić information content (AvgIpc) is 2.65. The van der Waals surface area contributed by atoms with E-state index in [9.17, 15) is 13.2 Å². The number of aliphatic carboxylic acids is 1. The molecule has 1 aromatic rings. The fraction of sp³-hybridized carbons (Fsp3) is 0.471. The first kappa shape index (κ1) is 20.2. The number of piperidine rings is 1. The lowest BCUT2D eigenvalue weighted by Gasteiger charge is -2.31. The van der Waals surface area contributed by atoms with Gasteiger partial charge in [0.1, 0.15) is 4.90 Å². The molecule has 1 fully saturated rings. The van der Waals surface area contributed by atoms with Crippen molar-refractivity contribution in [2.75, 3.05) is 34.4 Å². The van der Waals surface area contributed by atoms with Gasteiger partial charge >= 0.3 is 5.97 Å². The smallest absolute Gasteiger partial charge is 0.328 e. The van der Waals surface area contributed by atoms with Crippen molar-refractivity contribution in [2.24, 2.45) is 0 Å². The highest BCUT2D eigenvalue weighted by atomic mass is 32.2. The Morgan fingerprint density at radius 3 is 2.35 bits per heavy atom. The molecule has 26 heavy (non-hydrogen) atoms. The average molecular weight is 385 g/mol. The van der Waals surface area contributed by atoms with Crippen LogP contribution in [0, 0.1) is 0 Å². The van der Waals surface area contributed by atoms with Crippen LogP contribution in [0.3, 0.4) is 0 Å². The highest BCUT2D eigenvalue weighted by molar-refractivity contribution is 7.89. The molecule has 1 aliphatic rings. The van der Waals surface area contributed by atoms with Gasteiger partial charge in [-0.1, -0.05) is 0 Å². The first-order valence-electron chi connectivity index (χ1n) is 8.03. The van der Waals surface area contributed by atoms with Crippen LogP contribution in [0.2, 0.25) is 0 Å². The minimum atomic E-state index is -3.84. The molecule has 2 rings (SSSR count). The van der Waals surface area contributed by atoms with Gasteiger partial charge in [-0.3, -0.25) is 0 Å². The van der Waals surface area contributed by atoms with Gasteiger partial charge in [0.2, 0.25) is 10.0 Å². The molecular weight excluding hydrogens is 362 g/mol. The van der Waals surface area contributed by atoms with Gasteiger partial charge in [0.15, 0.2) is 11.5 Å². The molecule has 8 nitrogen and oxygen atoms in total. The Balaban J connectivity index is 2.48. The van der Waals surface area contributed by atoms with E-state index in [-0.39, 0.29) is 22.5 Å². The van der Waals surface area contributed by atoms with E-state index in [1.165, 1.54) is 36.7 Å². The number of carboxylic acids is 1. The van der Waals surface area contributed by atoms with Crippen LogP contribution in [-0.4, -0.2) is 64.3 Å². The Bertz CT molecular complexity index is 781. The van der Waals surface area contributed by atoms with Crippen molar-refractivity contribution in [3.63, 3.8) is 0 Å². The molecule has 1 N–H and O–H groups in total. The highest BCUT2D eigenvalue weighted by Crippen LogP contribution is 2.38. The van der Waals surface area contributed by atoms with E-state index >= 15 is 0 Å². The summed E-state index contributed by atoms with van der Waals surface area (Å²) < 4.78 is 43.4. The standard InChI is InChI=1S/C17H23NO7S/c1-23-13-6-8-18(9-7-13)26(21,22)15-11-12(4-5-16(19)20)10-14(24-2)17(15)25-3/h4-5,10-11,13H,6-9H2,1-3H3,(H,19,20). The molecule has 0 saturated carbocycles. The molecule has 0 aliphatic carbocycles. The molecule has 144 valence electrons. The molecule has 0 aromatic heterocycles. The molecule has 0 radical (unpaired) electrons. The van der Waals surface area contributed by atoms with E-state index in [2.05, 4.69) is 0 Å². The zero-order valence-electron chi connectivity index (χ0n) is 15.0. The summed E-state index contributed by atoms with van der Waals surface area (Å²) in [5, 5.41) is 8.80. The maximum atomic E-state index is 13.1. The van der Waals surface area contributed by atoms with Crippen LogP contribution >= 0.6 is 0 Å². The predicted octanol–water partition coefficient (Wildman–Crippen LogP) is 1.60. The molecule has 0 bridgehead atoms. The molecule has 1 heterocycles. The number of ether oxygens (including phenoxy) is 3. The summed E-state index contributed by atoms with van der Waals surface area (Å²) in [6, 6.07) is 2.91. The normalized spacial score (nSPS) is 16.7. The largest absolute Gasteiger partial charge is 0.493 e. The van der Waals surface area contributed by atoms with E-state index in [1.807, 2.05) is 0 Å². The zero-order valence-corrected chi connectivity index (χ0v) is 15.8. The second-order valence-electron chi connectivity index (χ2n) is 5.77. The van der Waals surface area contributed by atoms with Crippen LogP contribution in [0.5, 0.6) is 11.5 Å².